The molecular weight excluding hydrogens is 460 g/mol. The van der Waals surface area contributed by atoms with Gasteiger partial charge in [0.05, 0.1) is 0 Å². The second-order valence-electron chi connectivity index (χ2n) is 9.37. The fourth-order valence-electron chi connectivity index (χ4n) is 5.28. The lowest BCUT2D eigenvalue weighted by Crippen LogP contribution is -2.33. The number of amides is 2. The second kappa shape index (κ2) is 11.0. The van der Waals surface area contributed by atoms with E-state index in [1.165, 1.54) is 54.0 Å². The monoisotopic (exact) mass is 498 g/mol. The minimum absolute atomic E-state index is 0.0512. The van der Waals surface area contributed by atoms with Crippen molar-refractivity contribution in [1.82, 2.24) is 14.4 Å². The third-order valence-electron chi connectivity index (χ3n) is 7.16. The molecule has 2 aliphatic heterocycles. The summed E-state index contributed by atoms with van der Waals surface area (Å²) in [5, 5.41) is 4.86. The number of anilines is 1. The topological polar surface area (TPSA) is 110 Å². The van der Waals surface area contributed by atoms with Crippen molar-refractivity contribution in [1.29, 1.82) is 0 Å². The van der Waals surface area contributed by atoms with Gasteiger partial charge in [-0.3, -0.25) is 9.59 Å². The average molecular weight is 499 g/mol. The highest BCUT2D eigenvalue weighted by molar-refractivity contribution is 8.04. The number of thioether (sulfide) groups is 1. The number of carbonyl (C=O) groups is 2. The van der Waals surface area contributed by atoms with Crippen LogP contribution in [0.3, 0.4) is 0 Å². The summed E-state index contributed by atoms with van der Waals surface area (Å²) >= 11 is 1.31. The smallest absolute Gasteiger partial charge is 0.267 e. The van der Waals surface area contributed by atoms with E-state index in [4.69, 9.17) is 11.5 Å². The molecule has 4 rings (SSSR count). The molecule has 1 unspecified atom stereocenters. The lowest BCUT2D eigenvalue weighted by Gasteiger charge is -2.31. The highest BCUT2D eigenvalue weighted by Gasteiger charge is 2.38. The minimum atomic E-state index is -0.702. The average Bonchev–Trinajstić information content (AvgIpc) is 3.39. The van der Waals surface area contributed by atoms with E-state index in [1.54, 1.807) is 4.90 Å². The normalized spacial score (nSPS) is 21.2. The molecule has 0 saturated carbocycles. The summed E-state index contributed by atoms with van der Waals surface area (Å²) in [6, 6.07) is 6.49. The number of likely N-dealkylation sites (tertiary alicyclic amines) is 1. The maximum absolute atomic E-state index is 12.9. The first kappa shape index (κ1) is 25.4. The van der Waals surface area contributed by atoms with Crippen LogP contribution in [0.15, 0.2) is 35.1 Å². The molecule has 1 atom stereocenters. The number of hydrogen-bond donors (Lipinski definition) is 3. The Kier molecular flexibility index (Phi) is 7.96. The molecule has 0 spiro atoms. The fraction of sp³-hybridized carbons (Fsp3) is 0.538. The van der Waals surface area contributed by atoms with E-state index in [-0.39, 0.29) is 16.9 Å². The van der Waals surface area contributed by atoms with Crippen molar-refractivity contribution in [3.05, 3.63) is 40.7 Å². The highest BCUT2D eigenvalue weighted by Crippen LogP contribution is 2.38. The summed E-state index contributed by atoms with van der Waals surface area (Å²) in [5.74, 6) is -0.184. The van der Waals surface area contributed by atoms with E-state index in [1.807, 2.05) is 6.92 Å². The van der Waals surface area contributed by atoms with Gasteiger partial charge in [0.15, 0.2) is 0 Å². The Morgan fingerprint density at radius 2 is 1.89 bits per heavy atom. The van der Waals surface area contributed by atoms with E-state index >= 15 is 0 Å². The molecule has 0 radical (unpaired) electrons. The van der Waals surface area contributed by atoms with Crippen LogP contribution in [0, 0.1) is 0 Å². The van der Waals surface area contributed by atoms with Gasteiger partial charge in [0.1, 0.15) is 16.0 Å². The number of primary amides is 1. The number of piperidine rings is 1. The number of rotatable bonds is 9. The van der Waals surface area contributed by atoms with Crippen LogP contribution in [0.4, 0.5) is 5.69 Å². The Hall–Kier alpha value is -2.65. The first-order valence-corrected chi connectivity index (χ1v) is 13.6. The number of fused-ring (bicyclic) bond motifs is 1. The van der Waals surface area contributed by atoms with Gasteiger partial charge in [-0.15, -0.1) is 0 Å². The fourth-order valence-corrected chi connectivity index (χ4v) is 6.52. The van der Waals surface area contributed by atoms with Crippen molar-refractivity contribution in [3.63, 3.8) is 0 Å². The first-order chi connectivity index (χ1) is 16.9. The SMILES string of the molecule is CCCN1CCC(c2cn(CC)c3ccc(NCC4S/C(=C(/N)C(N)=O)N(CC)C4=O)cc23)CC1. The predicted molar refractivity (Wildman–Crippen MR) is 144 cm³/mol. The molecule has 2 amide bonds. The van der Waals surface area contributed by atoms with Crippen molar-refractivity contribution < 1.29 is 9.59 Å². The number of carbonyl (C=O) groups excluding carboxylic acids is 2. The molecule has 5 N–H and O–H groups in total. The third-order valence-corrected chi connectivity index (χ3v) is 8.48. The van der Waals surface area contributed by atoms with E-state index in [9.17, 15) is 9.59 Å². The molecule has 8 nitrogen and oxygen atoms in total. The number of benzene rings is 1. The van der Waals surface area contributed by atoms with Gasteiger partial charge in [-0.1, -0.05) is 18.7 Å². The van der Waals surface area contributed by atoms with Crippen LogP contribution in [0.5, 0.6) is 0 Å². The maximum Gasteiger partial charge on any atom is 0.267 e. The molecule has 1 aromatic heterocycles. The first-order valence-electron chi connectivity index (χ1n) is 12.7. The summed E-state index contributed by atoms with van der Waals surface area (Å²) in [6.45, 7) is 11.6. The van der Waals surface area contributed by atoms with Gasteiger partial charge in [0, 0.05) is 42.4 Å². The van der Waals surface area contributed by atoms with Crippen LogP contribution < -0.4 is 16.8 Å². The molecule has 0 aliphatic carbocycles. The molecule has 190 valence electrons. The summed E-state index contributed by atoms with van der Waals surface area (Å²) in [7, 11) is 0. The number of nitrogens with zero attached hydrogens (tertiary/aromatic N) is 3. The Balaban J connectivity index is 1.52. The molecule has 9 heteroatoms. The summed E-state index contributed by atoms with van der Waals surface area (Å²) in [5.41, 5.74) is 14.9. The number of aromatic nitrogens is 1. The number of nitrogens with two attached hydrogens (primary N) is 2. The third kappa shape index (κ3) is 5.16. The van der Waals surface area contributed by atoms with Crippen molar-refractivity contribution >= 4 is 40.2 Å². The molecular formula is C26H38N6O2S. The van der Waals surface area contributed by atoms with Gasteiger partial charge >= 0.3 is 0 Å². The summed E-state index contributed by atoms with van der Waals surface area (Å²) in [4.78, 5) is 28.6. The summed E-state index contributed by atoms with van der Waals surface area (Å²) in [6.07, 6.45) is 5.93. The van der Waals surface area contributed by atoms with Crippen LogP contribution in [0.2, 0.25) is 0 Å². The van der Waals surface area contributed by atoms with Gasteiger partial charge < -0.3 is 31.2 Å². The molecule has 2 aromatic rings. The van der Waals surface area contributed by atoms with E-state index < -0.39 is 5.91 Å². The highest BCUT2D eigenvalue weighted by atomic mass is 32.2. The molecule has 3 heterocycles. The van der Waals surface area contributed by atoms with Crippen LogP contribution >= 0.6 is 11.8 Å². The Bertz CT molecular complexity index is 1120. The van der Waals surface area contributed by atoms with Crippen LogP contribution in [0.1, 0.15) is 51.5 Å². The van der Waals surface area contributed by atoms with Crippen LogP contribution in [-0.4, -0.2) is 64.2 Å². The summed E-state index contributed by atoms with van der Waals surface area (Å²) < 4.78 is 2.34. The van der Waals surface area contributed by atoms with Crippen LogP contribution in [0.25, 0.3) is 10.9 Å². The maximum atomic E-state index is 12.9. The van der Waals surface area contributed by atoms with Gasteiger partial charge in [0.2, 0.25) is 5.91 Å². The minimum Gasteiger partial charge on any atom is -0.392 e. The molecule has 1 aromatic carbocycles. The molecule has 2 aliphatic rings. The standard InChI is InChI=1S/C26H38N6O2S/c1-4-11-30-12-9-17(10-13-30)20-16-31(5-2)21-8-7-18(14-19(20)21)29-15-22-25(34)32(6-3)26(35-22)23(27)24(28)33/h7-8,14,16-17,22,29H,4-6,9-13,15,27H2,1-3H3,(H2,28,33)/b26-23+. The zero-order chi connectivity index (χ0) is 25.1. The van der Waals surface area contributed by atoms with Crippen molar-refractivity contribution in [3.8, 4) is 0 Å². The Labute approximate surface area is 212 Å². The molecule has 35 heavy (non-hydrogen) atoms. The van der Waals surface area contributed by atoms with Gasteiger partial charge in [0.25, 0.3) is 5.91 Å². The second-order valence-corrected chi connectivity index (χ2v) is 10.6. The van der Waals surface area contributed by atoms with Crippen LogP contribution in [-0.2, 0) is 16.1 Å². The van der Waals surface area contributed by atoms with Crippen molar-refractivity contribution in [2.45, 2.75) is 57.7 Å². The number of nitrogens with one attached hydrogen (secondary N) is 1. The van der Waals surface area contributed by atoms with E-state index in [2.05, 4.69) is 53.0 Å². The largest absolute Gasteiger partial charge is 0.392 e. The number of hydrogen-bond acceptors (Lipinski definition) is 6. The van der Waals surface area contributed by atoms with Gasteiger partial charge in [-0.05, 0) is 82.4 Å². The lowest BCUT2D eigenvalue weighted by atomic mass is 9.89. The van der Waals surface area contributed by atoms with Crippen molar-refractivity contribution in [2.75, 3.05) is 38.0 Å². The number of aryl methyl sites for hydroxylation is 1. The van der Waals surface area contributed by atoms with Crippen molar-refractivity contribution in [2.24, 2.45) is 11.5 Å². The zero-order valence-electron chi connectivity index (χ0n) is 21.0. The molecule has 2 fully saturated rings. The molecule has 2 saturated heterocycles. The van der Waals surface area contributed by atoms with Gasteiger partial charge in [-0.2, -0.15) is 0 Å². The Morgan fingerprint density at radius 3 is 2.51 bits per heavy atom. The quantitative estimate of drug-likeness (QED) is 0.458. The zero-order valence-corrected chi connectivity index (χ0v) is 21.9. The lowest BCUT2D eigenvalue weighted by molar-refractivity contribution is -0.127. The predicted octanol–water partition coefficient (Wildman–Crippen LogP) is 3.24. The van der Waals surface area contributed by atoms with Gasteiger partial charge in [-0.25, -0.2) is 0 Å². The van der Waals surface area contributed by atoms with E-state index in [0.29, 0.717) is 24.0 Å². The Morgan fingerprint density at radius 1 is 1.14 bits per heavy atom. The van der Waals surface area contributed by atoms with E-state index in [0.717, 1.165) is 25.3 Å². The molecule has 0 bridgehead atoms.